The minimum absolute atomic E-state index is 0.0680. The summed E-state index contributed by atoms with van der Waals surface area (Å²) in [7, 11) is -1.62. The number of sulfone groups is 1. The lowest BCUT2D eigenvalue weighted by Gasteiger charge is -2.08. The van der Waals surface area contributed by atoms with Crippen molar-refractivity contribution in [3.63, 3.8) is 0 Å². The molecule has 1 amide bonds. The Labute approximate surface area is 112 Å². The summed E-state index contributed by atoms with van der Waals surface area (Å²) in [5, 5.41) is 2.55. The van der Waals surface area contributed by atoms with Crippen LogP contribution in [0.3, 0.4) is 0 Å². The minimum atomic E-state index is -3.08. The molecule has 0 aliphatic rings. The number of benzene rings is 1. The smallest absolute Gasteiger partial charge is 0.251 e. The molecule has 0 aliphatic carbocycles. The third-order valence-corrected chi connectivity index (χ3v) is 4.34. The van der Waals surface area contributed by atoms with Gasteiger partial charge in [-0.15, -0.1) is 0 Å². The molecule has 0 fully saturated rings. The number of anilines is 1. The van der Waals surface area contributed by atoms with Crippen LogP contribution >= 0.6 is 0 Å². The highest BCUT2D eigenvalue weighted by Gasteiger charge is 2.11. The Kier molecular flexibility index (Phi) is 5.17. The molecule has 106 valence electrons. The zero-order valence-electron chi connectivity index (χ0n) is 11.0. The molecule has 1 aromatic carbocycles. The average molecular weight is 286 g/mol. The molecule has 0 radical (unpaired) electrons. The number of nitrogens with two attached hydrogens (primary N) is 1. The topological polar surface area (TPSA) is 98.5 Å². The number of nitrogen functional groups attached to an aromatic ring is 1. The Morgan fingerprint density at radius 3 is 2.68 bits per heavy atom. The second-order valence-electron chi connectivity index (χ2n) is 3.95. The van der Waals surface area contributed by atoms with Gasteiger partial charge < -0.3 is 15.8 Å². The molecule has 6 nitrogen and oxygen atoms in total. The Hall–Kier alpha value is -1.76. The second kappa shape index (κ2) is 6.42. The van der Waals surface area contributed by atoms with Gasteiger partial charge in [-0.3, -0.25) is 4.79 Å². The van der Waals surface area contributed by atoms with Gasteiger partial charge >= 0.3 is 0 Å². The summed E-state index contributed by atoms with van der Waals surface area (Å²) < 4.78 is 27.6. The van der Waals surface area contributed by atoms with Crippen molar-refractivity contribution in [3.05, 3.63) is 23.8 Å². The van der Waals surface area contributed by atoms with E-state index in [0.29, 0.717) is 17.0 Å². The van der Waals surface area contributed by atoms with Crippen molar-refractivity contribution in [2.75, 3.05) is 30.9 Å². The van der Waals surface area contributed by atoms with Crippen LogP contribution in [-0.4, -0.2) is 39.5 Å². The summed E-state index contributed by atoms with van der Waals surface area (Å²) in [6, 6.07) is 4.64. The van der Waals surface area contributed by atoms with Crippen LogP contribution in [-0.2, 0) is 9.84 Å². The second-order valence-corrected chi connectivity index (χ2v) is 6.42. The molecule has 0 aliphatic heterocycles. The van der Waals surface area contributed by atoms with E-state index in [1.54, 1.807) is 19.1 Å². The fraction of sp³-hybridized carbons (Fsp3) is 0.417. The predicted molar refractivity (Wildman–Crippen MR) is 74.1 cm³/mol. The number of amides is 1. The Morgan fingerprint density at radius 2 is 2.11 bits per heavy atom. The molecule has 0 aromatic heterocycles. The molecule has 3 N–H and O–H groups in total. The molecule has 1 aromatic rings. The number of methoxy groups -OCH3 is 1. The third-order valence-electron chi connectivity index (χ3n) is 2.63. The van der Waals surface area contributed by atoms with Crippen LogP contribution in [0.1, 0.15) is 17.3 Å². The summed E-state index contributed by atoms with van der Waals surface area (Å²) in [5.74, 6) is 0.0540. The maximum absolute atomic E-state index is 11.8. The van der Waals surface area contributed by atoms with Gasteiger partial charge in [0.15, 0.2) is 9.84 Å². The number of carbonyl (C=O) groups excluding carboxylic acids is 1. The first-order valence-electron chi connectivity index (χ1n) is 5.81. The van der Waals surface area contributed by atoms with Crippen molar-refractivity contribution >= 4 is 21.4 Å². The summed E-state index contributed by atoms with van der Waals surface area (Å²) >= 11 is 0. The van der Waals surface area contributed by atoms with E-state index in [1.165, 1.54) is 13.2 Å². The van der Waals surface area contributed by atoms with Gasteiger partial charge in [0.1, 0.15) is 5.75 Å². The Morgan fingerprint density at radius 1 is 1.42 bits per heavy atom. The molecule has 7 heteroatoms. The molecule has 0 saturated carbocycles. The van der Waals surface area contributed by atoms with Gasteiger partial charge in [0, 0.05) is 17.9 Å². The van der Waals surface area contributed by atoms with Crippen molar-refractivity contribution in [1.82, 2.24) is 5.32 Å². The lowest BCUT2D eigenvalue weighted by molar-refractivity contribution is 0.0956. The van der Waals surface area contributed by atoms with Gasteiger partial charge in [0.2, 0.25) is 0 Å². The van der Waals surface area contributed by atoms with Crippen LogP contribution in [0.5, 0.6) is 5.75 Å². The molecule has 0 unspecified atom stereocenters. The van der Waals surface area contributed by atoms with Gasteiger partial charge in [-0.25, -0.2) is 8.42 Å². The highest BCUT2D eigenvalue weighted by atomic mass is 32.2. The molecule has 0 heterocycles. The number of ether oxygens (including phenoxy) is 1. The maximum Gasteiger partial charge on any atom is 0.251 e. The van der Waals surface area contributed by atoms with E-state index >= 15 is 0 Å². The normalized spacial score (nSPS) is 11.1. The van der Waals surface area contributed by atoms with Crippen LogP contribution in [0.15, 0.2) is 18.2 Å². The fourth-order valence-corrected chi connectivity index (χ4v) is 2.12. The number of carbonyl (C=O) groups is 1. The largest absolute Gasteiger partial charge is 0.495 e. The number of hydrogen-bond donors (Lipinski definition) is 2. The molecule has 19 heavy (non-hydrogen) atoms. The van der Waals surface area contributed by atoms with E-state index in [0.717, 1.165) is 0 Å². The SMILES string of the molecule is CCS(=O)(=O)CCNC(=O)c1ccc(N)c(OC)c1. The third kappa shape index (κ3) is 4.44. The van der Waals surface area contributed by atoms with Crippen LogP contribution in [0.2, 0.25) is 0 Å². The van der Waals surface area contributed by atoms with E-state index in [1.807, 2.05) is 0 Å². The lowest BCUT2D eigenvalue weighted by atomic mass is 10.2. The Bertz CT molecular complexity index is 555. The zero-order chi connectivity index (χ0) is 14.5. The quantitative estimate of drug-likeness (QED) is 0.739. The highest BCUT2D eigenvalue weighted by Crippen LogP contribution is 2.21. The number of hydrogen-bond acceptors (Lipinski definition) is 5. The maximum atomic E-state index is 11.8. The van der Waals surface area contributed by atoms with E-state index in [-0.39, 0.29) is 24.0 Å². The van der Waals surface area contributed by atoms with Crippen LogP contribution in [0.25, 0.3) is 0 Å². The Balaban J connectivity index is 2.64. The van der Waals surface area contributed by atoms with Crippen molar-refractivity contribution < 1.29 is 17.9 Å². The van der Waals surface area contributed by atoms with Crippen molar-refractivity contribution in [2.45, 2.75) is 6.92 Å². The standard InChI is InChI=1S/C12H18N2O4S/c1-3-19(16,17)7-6-14-12(15)9-4-5-10(13)11(8-9)18-2/h4-5,8H,3,6-7,13H2,1-2H3,(H,14,15). The van der Waals surface area contributed by atoms with Gasteiger partial charge in [-0.05, 0) is 18.2 Å². The molecular formula is C12H18N2O4S. The molecule has 1 rings (SSSR count). The van der Waals surface area contributed by atoms with Gasteiger partial charge in [-0.2, -0.15) is 0 Å². The molecule has 0 bridgehead atoms. The minimum Gasteiger partial charge on any atom is -0.495 e. The van der Waals surface area contributed by atoms with Crippen molar-refractivity contribution in [3.8, 4) is 5.75 Å². The molecular weight excluding hydrogens is 268 g/mol. The van der Waals surface area contributed by atoms with Gasteiger partial charge in [0.05, 0.1) is 18.6 Å². The van der Waals surface area contributed by atoms with E-state index in [9.17, 15) is 13.2 Å². The van der Waals surface area contributed by atoms with Crippen molar-refractivity contribution in [1.29, 1.82) is 0 Å². The zero-order valence-corrected chi connectivity index (χ0v) is 11.8. The van der Waals surface area contributed by atoms with Crippen molar-refractivity contribution in [2.24, 2.45) is 0 Å². The van der Waals surface area contributed by atoms with Gasteiger partial charge in [0.25, 0.3) is 5.91 Å². The van der Waals surface area contributed by atoms with Crippen LogP contribution in [0, 0.1) is 0 Å². The first-order chi connectivity index (χ1) is 8.89. The van der Waals surface area contributed by atoms with Crippen LogP contribution < -0.4 is 15.8 Å². The number of rotatable bonds is 6. The first kappa shape index (κ1) is 15.3. The van der Waals surface area contributed by atoms with E-state index in [4.69, 9.17) is 10.5 Å². The average Bonchev–Trinajstić information content (AvgIpc) is 2.39. The molecule has 0 saturated heterocycles. The lowest BCUT2D eigenvalue weighted by Crippen LogP contribution is -2.29. The van der Waals surface area contributed by atoms with Crippen LogP contribution in [0.4, 0.5) is 5.69 Å². The van der Waals surface area contributed by atoms with E-state index < -0.39 is 9.84 Å². The summed E-state index contributed by atoms with van der Waals surface area (Å²) in [5.41, 5.74) is 6.45. The summed E-state index contributed by atoms with van der Waals surface area (Å²) in [6.07, 6.45) is 0. The fourth-order valence-electron chi connectivity index (χ4n) is 1.42. The first-order valence-corrected chi connectivity index (χ1v) is 7.64. The summed E-state index contributed by atoms with van der Waals surface area (Å²) in [4.78, 5) is 11.8. The predicted octanol–water partition coefficient (Wildman–Crippen LogP) is 0.442. The molecule has 0 atom stereocenters. The highest BCUT2D eigenvalue weighted by molar-refractivity contribution is 7.91. The van der Waals surface area contributed by atoms with Gasteiger partial charge in [-0.1, -0.05) is 6.92 Å². The summed E-state index contributed by atoms with van der Waals surface area (Å²) in [6.45, 7) is 1.66. The molecule has 0 spiro atoms. The number of nitrogens with one attached hydrogen (secondary N) is 1. The monoisotopic (exact) mass is 286 g/mol. The van der Waals surface area contributed by atoms with E-state index in [2.05, 4.69) is 5.32 Å².